The van der Waals surface area contributed by atoms with Crippen molar-refractivity contribution in [3.05, 3.63) is 64.4 Å². The van der Waals surface area contributed by atoms with Crippen LogP contribution in [0.1, 0.15) is 12.5 Å². The number of halogens is 3. The number of hydrogen-bond donors (Lipinski definition) is 3. The van der Waals surface area contributed by atoms with Crippen LogP contribution < -0.4 is 10.5 Å². The van der Waals surface area contributed by atoms with Gasteiger partial charge >= 0.3 is 18.2 Å². The number of ether oxygens (including phenoxy) is 10. The topological polar surface area (TPSA) is 203 Å². The van der Waals surface area contributed by atoms with Gasteiger partial charge in [-0.15, -0.1) is 0 Å². The van der Waals surface area contributed by atoms with Crippen molar-refractivity contribution < 1.29 is 80.3 Å². The van der Waals surface area contributed by atoms with Crippen LogP contribution in [0.25, 0.3) is 22.0 Å². The summed E-state index contributed by atoms with van der Waals surface area (Å²) in [5, 5.41) is 19.1. The molecule has 334 valence electrons. The molecular weight excluding hydrogens is 805 g/mol. The monoisotopic (exact) mass is 858 g/mol. The van der Waals surface area contributed by atoms with E-state index >= 15 is 0 Å². The van der Waals surface area contributed by atoms with Crippen molar-refractivity contribution in [1.29, 1.82) is 0 Å². The van der Waals surface area contributed by atoms with Gasteiger partial charge in [0.15, 0.2) is 6.10 Å². The first kappa shape index (κ1) is 48.4. The number of rotatable bonds is 31. The van der Waals surface area contributed by atoms with E-state index in [9.17, 15) is 32.7 Å². The summed E-state index contributed by atoms with van der Waals surface area (Å²) in [5.74, 6) is -1.37. The highest BCUT2D eigenvalue weighted by Gasteiger charge is 2.51. The lowest BCUT2D eigenvalue weighted by molar-refractivity contribution is -0.178. The number of alkyl halides is 3. The average molecular weight is 859 g/mol. The van der Waals surface area contributed by atoms with Crippen molar-refractivity contribution >= 4 is 28.5 Å². The molecule has 1 aromatic heterocycles. The second-order valence-electron chi connectivity index (χ2n) is 13.2. The summed E-state index contributed by atoms with van der Waals surface area (Å²) >= 11 is 0. The van der Waals surface area contributed by atoms with Crippen molar-refractivity contribution in [1.82, 2.24) is 4.98 Å². The van der Waals surface area contributed by atoms with E-state index in [0.29, 0.717) is 91.3 Å². The summed E-state index contributed by atoms with van der Waals surface area (Å²) < 4.78 is 95.1. The zero-order valence-corrected chi connectivity index (χ0v) is 33.4. The van der Waals surface area contributed by atoms with E-state index in [0.717, 1.165) is 11.0 Å². The largest absolute Gasteiger partial charge is 0.479 e. The number of anilines is 1. The van der Waals surface area contributed by atoms with Crippen LogP contribution >= 0.6 is 0 Å². The number of fused-ring (bicyclic) bond motifs is 1. The first-order valence-corrected chi connectivity index (χ1v) is 19.4. The van der Waals surface area contributed by atoms with Gasteiger partial charge in [0.2, 0.25) is 5.60 Å². The number of aliphatic carboxylic acids is 1. The number of carboxylic acid groups (broad SMARTS) is 1. The highest BCUT2D eigenvalue weighted by Crippen LogP contribution is 2.37. The van der Waals surface area contributed by atoms with Gasteiger partial charge < -0.3 is 62.6 Å². The van der Waals surface area contributed by atoms with Gasteiger partial charge in [0, 0.05) is 22.3 Å². The molecule has 2 aromatic carbocycles. The fraction of sp³-hybridized carbons (Fsp3) is 0.575. The Morgan fingerprint density at radius 2 is 1.22 bits per heavy atom. The van der Waals surface area contributed by atoms with Gasteiger partial charge in [-0.05, 0) is 36.6 Å². The molecule has 0 radical (unpaired) electrons. The molecule has 0 bridgehead atoms. The number of aromatic nitrogens is 1. The van der Waals surface area contributed by atoms with E-state index < -0.39 is 41.1 Å². The smallest absolute Gasteiger partial charge is 0.417 e. The molecule has 1 aliphatic rings. The average Bonchev–Trinajstić information content (AvgIpc) is 3.63. The first-order valence-electron chi connectivity index (χ1n) is 19.4. The van der Waals surface area contributed by atoms with Crippen LogP contribution in [-0.2, 0) is 58.3 Å². The van der Waals surface area contributed by atoms with E-state index in [1.54, 1.807) is 0 Å². The fourth-order valence-electron chi connectivity index (χ4n) is 5.80. The van der Waals surface area contributed by atoms with E-state index in [2.05, 4.69) is 4.98 Å². The standard InChI is InChI=1S/C40H53F3N2O15/c1-39(37(48)49,59-25-24-58-23-22-57-21-20-56-19-18-55-17-16-54-15-14-53-13-12-52-11-10-51-9-8-46)35-28-45(38(50)60-35)30-7-6-29-26-34(44-36(47)32(29)27-30)31-4-2-3-5-33(31)40(41,42)43/h2-7,26-27,35,46H,8-25,28H2,1H3,(H,44,47)(H,48,49)/t35?,39-/m0/s1. The zero-order chi connectivity index (χ0) is 43.2. The van der Waals surface area contributed by atoms with Crippen LogP contribution in [0.2, 0.25) is 0 Å². The molecule has 1 aliphatic heterocycles. The number of carbonyl (C=O) groups excluding carboxylic acids is 1. The number of carbonyl (C=O) groups is 2. The molecule has 3 N–H and O–H groups in total. The minimum absolute atomic E-state index is 0.00722. The summed E-state index contributed by atoms with van der Waals surface area (Å²) in [5.41, 5.74) is -3.54. The normalized spacial score (nSPS) is 15.4. The number of H-pyrrole nitrogens is 1. The number of aromatic amines is 1. The molecule has 1 fully saturated rings. The molecule has 60 heavy (non-hydrogen) atoms. The molecule has 1 amide bonds. The molecule has 20 heteroatoms. The number of carboxylic acids is 1. The van der Waals surface area contributed by atoms with Crippen LogP contribution in [0, 0.1) is 0 Å². The molecule has 0 aliphatic carbocycles. The Bertz CT molecular complexity index is 1810. The molecule has 0 saturated carbocycles. The van der Waals surface area contributed by atoms with Gasteiger partial charge in [0.05, 0.1) is 131 Å². The quantitative estimate of drug-likeness (QED) is 0.0793. The lowest BCUT2D eigenvalue weighted by Gasteiger charge is -2.29. The Kier molecular flexibility index (Phi) is 20.6. The van der Waals surface area contributed by atoms with Crippen LogP contribution in [0.5, 0.6) is 0 Å². The maximum absolute atomic E-state index is 13.6. The van der Waals surface area contributed by atoms with E-state index in [4.69, 9.17) is 52.5 Å². The number of nitrogens with one attached hydrogen (secondary N) is 1. The van der Waals surface area contributed by atoms with Crippen molar-refractivity contribution in [3.63, 3.8) is 0 Å². The lowest BCUT2D eigenvalue weighted by atomic mass is 9.98. The number of benzene rings is 2. The predicted molar refractivity (Wildman–Crippen MR) is 208 cm³/mol. The molecule has 2 heterocycles. The molecule has 2 atom stereocenters. The van der Waals surface area contributed by atoms with E-state index in [1.165, 1.54) is 49.4 Å². The Morgan fingerprint density at radius 1 is 0.733 bits per heavy atom. The summed E-state index contributed by atoms with van der Waals surface area (Å²) in [4.78, 5) is 42.0. The number of nitrogens with zero attached hydrogens (tertiary/aromatic N) is 1. The Hall–Kier alpha value is -4.22. The van der Waals surface area contributed by atoms with Gasteiger partial charge in [-0.25, -0.2) is 9.59 Å². The Morgan fingerprint density at radius 3 is 1.70 bits per heavy atom. The second-order valence-corrected chi connectivity index (χ2v) is 13.2. The highest BCUT2D eigenvalue weighted by molar-refractivity contribution is 5.95. The lowest BCUT2D eigenvalue weighted by Crippen LogP contribution is -2.51. The van der Waals surface area contributed by atoms with Crippen molar-refractivity contribution in [2.24, 2.45) is 0 Å². The van der Waals surface area contributed by atoms with Gasteiger partial charge in [0.25, 0.3) is 5.56 Å². The van der Waals surface area contributed by atoms with Crippen LogP contribution in [0.3, 0.4) is 0 Å². The minimum atomic E-state index is -4.64. The third-order valence-corrected chi connectivity index (χ3v) is 8.98. The van der Waals surface area contributed by atoms with Crippen molar-refractivity contribution in [2.75, 3.05) is 130 Å². The number of pyridine rings is 1. The summed E-state index contributed by atoms with van der Waals surface area (Å²) in [7, 11) is 0. The summed E-state index contributed by atoms with van der Waals surface area (Å²) in [6, 6.07) is 10.6. The van der Waals surface area contributed by atoms with Gasteiger partial charge in [-0.1, -0.05) is 24.3 Å². The SMILES string of the molecule is C[C@@](OCCOCCOCCOCCOCCOCCOCCOCCOCCO)(C(=O)O)C1CN(c2ccc3cc(-c4ccccc4C(F)(F)F)[nH]c(=O)c3c2)C(=O)O1. The van der Waals surface area contributed by atoms with Crippen molar-refractivity contribution in [2.45, 2.75) is 24.8 Å². The fourth-order valence-corrected chi connectivity index (χ4v) is 5.80. The van der Waals surface area contributed by atoms with E-state index in [1.807, 2.05) is 0 Å². The molecule has 3 aromatic rings. The third-order valence-electron chi connectivity index (χ3n) is 8.98. The zero-order valence-electron chi connectivity index (χ0n) is 33.4. The predicted octanol–water partition coefficient (Wildman–Crippen LogP) is 3.52. The molecule has 17 nitrogen and oxygen atoms in total. The van der Waals surface area contributed by atoms with E-state index in [-0.39, 0.29) is 61.9 Å². The molecule has 1 unspecified atom stereocenters. The van der Waals surface area contributed by atoms with Crippen molar-refractivity contribution in [3.8, 4) is 11.3 Å². The molecule has 1 saturated heterocycles. The molecule has 0 spiro atoms. The maximum Gasteiger partial charge on any atom is 0.417 e. The van der Waals surface area contributed by atoms with Crippen LogP contribution in [-0.4, -0.2) is 164 Å². The second kappa shape index (κ2) is 25.5. The third kappa shape index (κ3) is 15.4. The number of hydrogen-bond acceptors (Lipinski definition) is 14. The number of aliphatic hydroxyl groups is 1. The van der Waals surface area contributed by atoms with Crippen LogP contribution in [0.4, 0.5) is 23.7 Å². The Balaban J connectivity index is 1.06. The first-order chi connectivity index (χ1) is 29.0. The van der Waals surface area contributed by atoms with Gasteiger partial charge in [-0.2, -0.15) is 13.2 Å². The summed E-state index contributed by atoms with van der Waals surface area (Å²) in [6.07, 6.45) is -6.75. The summed E-state index contributed by atoms with van der Waals surface area (Å²) in [6.45, 7) is 6.70. The maximum atomic E-state index is 13.6. The number of amides is 1. The van der Waals surface area contributed by atoms with Gasteiger partial charge in [-0.3, -0.25) is 9.69 Å². The van der Waals surface area contributed by atoms with Gasteiger partial charge in [0.1, 0.15) is 0 Å². The van der Waals surface area contributed by atoms with Crippen LogP contribution in [0.15, 0.2) is 53.3 Å². The minimum Gasteiger partial charge on any atom is -0.479 e. The number of aliphatic hydroxyl groups excluding tert-OH is 1. The number of cyclic esters (lactones) is 1. The Labute approximate surface area is 344 Å². The molecular formula is C40H53F3N2O15. The molecule has 4 rings (SSSR count). The highest BCUT2D eigenvalue weighted by atomic mass is 19.4.